The number of benzene rings is 1. The standard InChI is InChI=1S/C22H22N6O3/c1-5-31-22(30)19-12-24-28(14(19)3)17-8-6-15(7-9-17)21(29)25-16-10-18-13(2)26-27(4)20(18)23-11-16/h6-12H,5H2,1-4H3,(H,25,29). The number of rotatable bonds is 5. The lowest BCUT2D eigenvalue weighted by Crippen LogP contribution is -2.12. The first-order valence-electron chi connectivity index (χ1n) is 9.82. The van der Waals surface area contributed by atoms with E-state index in [1.54, 1.807) is 53.7 Å². The van der Waals surface area contributed by atoms with Gasteiger partial charge >= 0.3 is 5.97 Å². The lowest BCUT2D eigenvalue weighted by atomic mass is 10.2. The Hall–Kier alpha value is -4.01. The van der Waals surface area contributed by atoms with Crippen LogP contribution in [0.15, 0.2) is 42.7 Å². The molecule has 0 fully saturated rings. The molecule has 0 spiro atoms. The highest BCUT2D eigenvalue weighted by Gasteiger charge is 2.16. The van der Waals surface area contributed by atoms with Gasteiger partial charge in [0.1, 0.15) is 5.56 Å². The van der Waals surface area contributed by atoms with Crippen LogP contribution >= 0.6 is 0 Å². The topological polar surface area (TPSA) is 104 Å². The summed E-state index contributed by atoms with van der Waals surface area (Å²) < 4.78 is 8.39. The third-order valence-electron chi connectivity index (χ3n) is 5.00. The summed E-state index contributed by atoms with van der Waals surface area (Å²) in [7, 11) is 1.83. The van der Waals surface area contributed by atoms with Crippen molar-refractivity contribution >= 4 is 28.6 Å². The van der Waals surface area contributed by atoms with Gasteiger partial charge in [-0.1, -0.05) is 0 Å². The Morgan fingerprint density at radius 2 is 1.87 bits per heavy atom. The Bertz CT molecular complexity index is 1290. The number of aromatic nitrogens is 5. The minimum atomic E-state index is -0.406. The number of amides is 1. The number of esters is 1. The van der Waals surface area contributed by atoms with E-state index in [4.69, 9.17) is 4.74 Å². The van der Waals surface area contributed by atoms with Crippen molar-refractivity contribution in [3.05, 3.63) is 65.2 Å². The van der Waals surface area contributed by atoms with Crippen LogP contribution in [0.5, 0.6) is 0 Å². The summed E-state index contributed by atoms with van der Waals surface area (Å²) in [6.45, 7) is 5.76. The Balaban J connectivity index is 1.53. The van der Waals surface area contributed by atoms with Gasteiger partial charge in [0, 0.05) is 18.0 Å². The van der Waals surface area contributed by atoms with Crippen molar-refractivity contribution in [3.8, 4) is 5.69 Å². The van der Waals surface area contributed by atoms with E-state index in [-0.39, 0.29) is 5.91 Å². The second-order valence-corrected chi connectivity index (χ2v) is 7.08. The fourth-order valence-electron chi connectivity index (χ4n) is 3.41. The highest BCUT2D eigenvalue weighted by molar-refractivity contribution is 6.05. The molecule has 9 nitrogen and oxygen atoms in total. The van der Waals surface area contributed by atoms with Crippen LogP contribution in [0.25, 0.3) is 16.7 Å². The molecule has 0 unspecified atom stereocenters. The smallest absolute Gasteiger partial charge is 0.341 e. The Morgan fingerprint density at radius 1 is 1.13 bits per heavy atom. The number of pyridine rings is 1. The molecule has 3 heterocycles. The maximum Gasteiger partial charge on any atom is 0.341 e. The van der Waals surface area contributed by atoms with Crippen molar-refractivity contribution in [3.63, 3.8) is 0 Å². The van der Waals surface area contributed by atoms with Crippen LogP contribution in [0, 0.1) is 13.8 Å². The number of hydrogen-bond donors (Lipinski definition) is 1. The molecule has 158 valence electrons. The first-order chi connectivity index (χ1) is 14.9. The summed E-state index contributed by atoms with van der Waals surface area (Å²) in [6, 6.07) is 8.82. The van der Waals surface area contributed by atoms with Crippen LogP contribution in [-0.4, -0.2) is 43.0 Å². The van der Waals surface area contributed by atoms with Gasteiger partial charge in [0.05, 0.1) is 41.8 Å². The van der Waals surface area contributed by atoms with E-state index >= 15 is 0 Å². The number of carbonyl (C=O) groups is 2. The number of carbonyl (C=O) groups excluding carboxylic acids is 2. The summed E-state index contributed by atoms with van der Waals surface area (Å²) in [6.07, 6.45) is 3.09. The molecule has 0 saturated heterocycles. The minimum Gasteiger partial charge on any atom is -0.462 e. The number of ether oxygens (including phenoxy) is 1. The molecular formula is C22H22N6O3. The summed E-state index contributed by atoms with van der Waals surface area (Å²) in [5.41, 5.74) is 4.51. The van der Waals surface area contributed by atoms with Crippen molar-refractivity contribution in [1.29, 1.82) is 0 Å². The maximum atomic E-state index is 12.7. The Morgan fingerprint density at radius 3 is 2.58 bits per heavy atom. The lowest BCUT2D eigenvalue weighted by Gasteiger charge is -2.08. The van der Waals surface area contributed by atoms with Gasteiger partial charge in [-0.2, -0.15) is 10.2 Å². The van der Waals surface area contributed by atoms with Gasteiger partial charge in [0.15, 0.2) is 5.65 Å². The molecule has 3 aromatic heterocycles. The molecule has 4 rings (SSSR count). The van der Waals surface area contributed by atoms with Crippen LogP contribution in [0.3, 0.4) is 0 Å². The number of fused-ring (bicyclic) bond motifs is 1. The normalized spacial score (nSPS) is 11.0. The molecular weight excluding hydrogens is 396 g/mol. The molecule has 1 amide bonds. The van der Waals surface area contributed by atoms with Crippen molar-refractivity contribution in [2.24, 2.45) is 7.05 Å². The van der Waals surface area contributed by atoms with Gasteiger partial charge in [-0.25, -0.2) is 14.5 Å². The van der Waals surface area contributed by atoms with Crippen molar-refractivity contribution in [2.45, 2.75) is 20.8 Å². The molecule has 0 bridgehead atoms. The average Bonchev–Trinajstić information content (AvgIpc) is 3.27. The number of nitrogens with zero attached hydrogens (tertiary/aromatic N) is 5. The molecule has 0 atom stereocenters. The SMILES string of the molecule is CCOC(=O)c1cnn(-c2ccc(C(=O)Nc3cnc4c(c3)c(C)nn4C)cc2)c1C. The second kappa shape index (κ2) is 8.02. The molecule has 0 aliphatic heterocycles. The monoisotopic (exact) mass is 418 g/mol. The molecule has 9 heteroatoms. The summed E-state index contributed by atoms with van der Waals surface area (Å²) in [4.78, 5) is 29.0. The largest absolute Gasteiger partial charge is 0.462 e. The predicted octanol–water partition coefficient (Wildman–Crippen LogP) is 3.20. The third-order valence-corrected chi connectivity index (χ3v) is 5.00. The zero-order chi connectivity index (χ0) is 22.1. The summed E-state index contributed by atoms with van der Waals surface area (Å²) in [5.74, 6) is -0.657. The van der Waals surface area contributed by atoms with Crippen molar-refractivity contribution < 1.29 is 14.3 Å². The van der Waals surface area contributed by atoms with Crippen LogP contribution in [-0.2, 0) is 11.8 Å². The van der Waals surface area contributed by atoms with Gasteiger partial charge in [0.25, 0.3) is 5.91 Å². The van der Waals surface area contributed by atoms with E-state index in [9.17, 15) is 9.59 Å². The number of aryl methyl sites for hydroxylation is 2. The summed E-state index contributed by atoms with van der Waals surface area (Å²) >= 11 is 0. The van der Waals surface area contributed by atoms with E-state index in [0.29, 0.717) is 29.1 Å². The first-order valence-corrected chi connectivity index (χ1v) is 9.82. The molecule has 1 N–H and O–H groups in total. The number of hydrogen-bond acceptors (Lipinski definition) is 6. The zero-order valence-electron chi connectivity index (χ0n) is 17.7. The van der Waals surface area contributed by atoms with Gasteiger partial charge < -0.3 is 10.1 Å². The third kappa shape index (κ3) is 3.77. The fraction of sp³-hybridized carbons (Fsp3) is 0.227. The minimum absolute atomic E-state index is 0.251. The average molecular weight is 418 g/mol. The van der Waals surface area contributed by atoms with Crippen molar-refractivity contribution in [2.75, 3.05) is 11.9 Å². The maximum absolute atomic E-state index is 12.7. The van der Waals surface area contributed by atoms with Crippen LogP contribution in [0.1, 0.15) is 39.0 Å². The van der Waals surface area contributed by atoms with E-state index < -0.39 is 5.97 Å². The Labute approximate surface area is 178 Å². The lowest BCUT2D eigenvalue weighted by molar-refractivity contribution is 0.0525. The van der Waals surface area contributed by atoms with Gasteiger partial charge in [-0.3, -0.25) is 9.48 Å². The highest BCUT2D eigenvalue weighted by Crippen LogP contribution is 2.20. The van der Waals surface area contributed by atoms with E-state index in [1.165, 1.54) is 6.20 Å². The Kier molecular flexibility index (Phi) is 5.24. The van der Waals surface area contributed by atoms with Gasteiger partial charge in [-0.15, -0.1) is 0 Å². The molecule has 4 aromatic rings. The predicted molar refractivity (Wildman–Crippen MR) is 115 cm³/mol. The van der Waals surface area contributed by atoms with Crippen LogP contribution < -0.4 is 5.32 Å². The van der Waals surface area contributed by atoms with E-state index in [2.05, 4.69) is 20.5 Å². The quantitative estimate of drug-likeness (QED) is 0.499. The van der Waals surface area contributed by atoms with Crippen LogP contribution in [0.4, 0.5) is 5.69 Å². The summed E-state index contributed by atoms with van der Waals surface area (Å²) in [5, 5.41) is 12.4. The van der Waals surface area contributed by atoms with Crippen molar-refractivity contribution in [1.82, 2.24) is 24.5 Å². The molecule has 0 radical (unpaired) electrons. The number of anilines is 1. The van der Waals surface area contributed by atoms with Gasteiger partial charge in [0.2, 0.25) is 0 Å². The molecule has 1 aromatic carbocycles. The van der Waals surface area contributed by atoms with Crippen LogP contribution in [0.2, 0.25) is 0 Å². The van der Waals surface area contributed by atoms with Gasteiger partial charge in [-0.05, 0) is 51.1 Å². The van der Waals surface area contributed by atoms with E-state index in [0.717, 1.165) is 22.4 Å². The molecule has 0 aliphatic carbocycles. The molecule has 0 aliphatic rings. The first kappa shape index (κ1) is 20.3. The zero-order valence-corrected chi connectivity index (χ0v) is 17.7. The highest BCUT2D eigenvalue weighted by atomic mass is 16.5. The fourth-order valence-corrected chi connectivity index (χ4v) is 3.41. The molecule has 31 heavy (non-hydrogen) atoms. The second-order valence-electron chi connectivity index (χ2n) is 7.08. The number of nitrogens with one attached hydrogen (secondary N) is 1. The molecule has 0 saturated carbocycles. The van der Waals surface area contributed by atoms with E-state index in [1.807, 2.05) is 20.0 Å².